The molecule has 1 aromatic rings. The van der Waals surface area contributed by atoms with E-state index < -0.39 is 0 Å². The van der Waals surface area contributed by atoms with Gasteiger partial charge in [-0.15, -0.1) is 0 Å². The van der Waals surface area contributed by atoms with Crippen LogP contribution in [0.4, 0.5) is 0 Å². The lowest BCUT2D eigenvalue weighted by Gasteiger charge is -2.14. The minimum absolute atomic E-state index is 0.0327. The van der Waals surface area contributed by atoms with Gasteiger partial charge in [-0.25, -0.2) is 0 Å². The molecular weight excluding hydrogens is 230 g/mol. The zero-order valence-corrected chi connectivity index (χ0v) is 11.4. The van der Waals surface area contributed by atoms with Crippen LogP contribution in [0.5, 0.6) is 5.75 Å². The smallest absolute Gasteiger partial charge is 0.258 e. The fourth-order valence-corrected chi connectivity index (χ4v) is 1.89. The Hall–Kier alpha value is -1.55. The van der Waals surface area contributed by atoms with Crippen LogP contribution < -0.4 is 10.1 Å². The molecule has 4 nitrogen and oxygen atoms in total. The van der Waals surface area contributed by atoms with Crippen molar-refractivity contribution >= 4 is 5.91 Å². The quantitative estimate of drug-likeness (QED) is 0.833. The van der Waals surface area contributed by atoms with E-state index in [1.807, 2.05) is 32.9 Å². The van der Waals surface area contributed by atoms with Gasteiger partial charge in [0, 0.05) is 6.04 Å². The average molecular weight is 251 g/mol. The Morgan fingerprint density at radius 3 is 2.39 bits per heavy atom. The highest BCUT2D eigenvalue weighted by Gasteiger charge is 2.10. The van der Waals surface area contributed by atoms with E-state index in [0.717, 1.165) is 16.9 Å². The van der Waals surface area contributed by atoms with Gasteiger partial charge in [0.2, 0.25) is 0 Å². The van der Waals surface area contributed by atoms with Crippen LogP contribution in [0.15, 0.2) is 12.1 Å². The summed E-state index contributed by atoms with van der Waals surface area (Å²) < 4.78 is 5.54. The van der Waals surface area contributed by atoms with Crippen molar-refractivity contribution in [2.24, 2.45) is 0 Å². The monoisotopic (exact) mass is 251 g/mol. The van der Waals surface area contributed by atoms with Gasteiger partial charge in [0.15, 0.2) is 6.61 Å². The molecule has 0 spiro atoms. The largest absolute Gasteiger partial charge is 0.483 e. The fraction of sp³-hybridized carbons (Fsp3) is 0.500. The van der Waals surface area contributed by atoms with E-state index in [2.05, 4.69) is 5.32 Å². The average Bonchev–Trinajstić information content (AvgIpc) is 2.27. The molecule has 0 bridgehead atoms. The van der Waals surface area contributed by atoms with Crippen LogP contribution in [0.1, 0.15) is 23.6 Å². The van der Waals surface area contributed by atoms with Gasteiger partial charge in [-0.05, 0) is 38.8 Å². The molecule has 0 fully saturated rings. The second kappa shape index (κ2) is 6.40. The zero-order chi connectivity index (χ0) is 13.7. The van der Waals surface area contributed by atoms with Crippen LogP contribution in [-0.2, 0) is 4.79 Å². The molecular formula is C14H21NO3. The third-order valence-electron chi connectivity index (χ3n) is 2.63. The number of aryl methyl sites for hydroxylation is 3. The third-order valence-corrected chi connectivity index (χ3v) is 2.63. The van der Waals surface area contributed by atoms with E-state index in [1.54, 1.807) is 6.92 Å². The summed E-state index contributed by atoms with van der Waals surface area (Å²) in [6.45, 7) is 7.58. The van der Waals surface area contributed by atoms with Crippen molar-refractivity contribution in [2.45, 2.75) is 33.7 Å². The maximum absolute atomic E-state index is 11.5. The minimum atomic E-state index is -0.249. The Morgan fingerprint density at radius 1 is 1.33 bits per heavy atom. The van der Waals surface area contributed by atoms with Gasteiger partial charge >= 0.3 is 0 Å². The number of carbonyl (C=O) groups is 1. The second-order valence-corrected chi connectivity index (χ2v) is 4.67. The van der Waals surface area contributed by atoms with Gasteiger partial charge in [0.1, 0.15) is 5.75 Å². The van der Waals surface area contributed by atoms with Gasteiger partial charge in [-0.1, -0.05) is 17.7 Å². The Labute approximate surface area is 108 Å². The van der Waals surface area contributed by atoms with Crippen LogP contribution in [0.25, 0.3) is 0 Å². The molecule has 0 aliphatic heterocycles. The first-order chi connectivity index (χ1) is 8.43. The number of benzene rings is 1. The van der Waals surface area contributed by atoms with Crippen molar-refractivity contribution in [3.63, 3.8) is 0 Å². The lowest BCUT2D eigenvalue weighted by molar-refractivity contribution is -0.124. The van der Waals surface area contributed by atoms with E-state index >= 15 is 0 Å². The molecule has 100 valence electrons. The van der Waals surface area contributed by atoms with Gasteiger partial charge in [0.25, 0.3) is 5.91 Å². The SMILES string of the molecule is Cc1cc(C)c(OCC(=O)N[C@H](C)CO)c(C)c1. The van der Waals surface area contributed by atoms with Crippen LogP contribution >= 0.6 is 0 Å². The molecule has 1 atom stereocenters. The molecule has 1 rings (SSSR count). The topological polar surface area (TPSA) is 58.6 Å². The minimum Gasteiger partial charge on any atom is -0.483 e. The summed E-state index contributed by atoms with van der Waals surface area (Å²) in [5, 5.41) is 11.5. The number of carbonyl (C=O) groups excluding carboxylic acids is 1. The lowest BCUT2D eigenvalue weighted by atomic mass is 10.1. The molecule has 0 aliphatic carbocycles. The predicted octanol–water partition coefficient (Wildman–Crippen LogP) is 1.49. The molecule has 1 aromatic carbocycles. The first-order valence-electron chi connectivity index (χ1n) is 6.05. The summed E-state index contributed by atoms with van der Waals surface area (Å²) in [5.41, 5.74) is 3.22. The van der Waals surface area contributed by atoms with E-state index in [4.69, 9.17) is 9.84 Å². The van der Waals surface area contributed by atoms with Crippen LogP contribution in [0.2, 0.25) is 0 Å². The number of aliphatic hydroxyl groups excluding tert-OH is 1. The first-order valence-corrected chi connectivity index (χ1v) is 6.05. The number of aliphatic hydroxyl groups is 1. The number of amides is 1. The lowest BCUT2D eigenvalue weighted by Crippen LogP contribution is -2.38. The molecule has 0 heterocycles. The molecule has 0 unspecified atom stereocenters. The maximum atomic E-state index is 11.5. The van der Waals surface area contributed by atoms with Gasteiger partial charge in [-0.3, -0.25) is 4.79 Å². The normalized spacial score (nSPS) is 12.1. The van der Waals surface area contributed by atoms with Crippen molar-refractivity contribution in [2.75, 3.05) is 13.2 Å². The first kappa shape index (κ1) is 14.5. The Kier molecular flexibility index (Phi) is 5.16. The number of nitrogens with one attached hydrogen (secondary N) is 1. The van der Waals surface area contributed by atoms with Gasteiger partial charge in [0.05, 0.1) is 6.61 Å². The summed E-state index contributed by atoms with van der Waals surface area (Å²) >= 11 is 0. The maximum Gasteiger partial charge on any atom is 0.258 e. The molecule has 0 aromatic heterocycles. The summed E-state index contributed by atoms with van der Waals surface area (Å²) in [6.07, 6.45) is 0. The second-order valence-electron chi connectivity index (χ2n) is 4.67. The Bertz CT molecular complexity index is 406. The summed E-state index contributed by atoms with van der Waals surface area (Å²) in [7, 11) is 0. The van der Waals surface area contributed by atoms with Crippen molar-refractivity contribution in [1.29, 1.82) is 0 Å². The van der Waals surface area contributed by atoms with Crippen LogP contribution in [0.3, 0.4) is 0 Å². The molecule has 2 N–H and O–H groups in total. The summed E-state index contributed by atoms with van der Waals surface area (Å²) in [5.74, 6) is 0.531. The standard InChI is InChI=1S/C14H21NO3/c1-9-5-10(2)14(11(3)6-9)18-8-13(17)15-12(4)7-16/h5-6,12,16H,7-8H2,1-4H3,(H,15,17)/t12-/m1/s1. The molecule has 18 heavy (non-hydrogen) atoms. The van der Waals surface area contributed by atoms with Crippen molar-refractivity contribution in [3.05, 3.63) is 28.8 Å². The number of hydrogen-bond acceptors (Lipinski definition) is 3. The molecule has 0 saturated heterocycles. The van der Waals surface area contributed by atoms with Gasteiger partial charge in [-0.2, -0.15) is 0 Å². The summed E-state index contributed by atoms with van der Waals surface area (Å²) in [6, 6.07) is 3.80. The molecule has 0 radical (unpaired) electrons. The van der Waals surface area contributed by atoms with Crippen molar-refractivity contribution in [1.82, 2.24) is 5.32 Å². The Balaban J connectivity index is 2.61. The number of ether oxygens (including phenoxy) is 1. The highest BCUT2D eigenvalue weighted by molar-refractivity contribution is 5.77. The van der Waals surface area contributed by atoms with E-state index in [9.17, 15) is 4.79 Å². The summed E-state index contributed by atoms with van der Waals surface area (Å²) in [4.78, 5) is 11.5. The predicted molar refractivity (Wildman–Crippen MR) is 70.8 cm³/mol. The van der Waals surface area contributed by atoms with Crippen molar-refractivity contribution in [3.8, 4) is 5.75 Å². The molecule has 4 heteroatoms. The fourth-order valence-electron chi connectivity index (χ4n) is 1.89. The Morgan fingerprint density at radius 2 is 1.89 bits per heavy atom. The van der Waals surface area contributed by atoms with Crippen LogP contribution in [0, 0.1) is 20.8 Å². The number of hydrogen-bond donors (Lipinski definition) is 2. The van der Waals surface area contributed by atoms with Crippen molar-refractivity contribution < 1.29 is 14.6 Å². The molecule has 0 saturated carbocycles. The third kappa shape index (κ3) is 4.04. The van der Waals surface area contributed by atoms with E-state index in [0.29, 0.717) is 0 Å². The highest BCUT2D eigenvalue weighted by Crippen LogP contribution is 2.24. The zero-order valence-electron chi connectivity index (χ0n) is 11.4. The van der Waals surface area contributed by atoms with E-state index in [1.165, 1.54) is 5.56 Å². The van der Waals surface area contributed by atoms with E-state index in [-0.39, 0.29) is 25.2 Å². The molecule has 0 aliphatic rings. The van der Waals surface area contributed by atoms with Crippen LogP contribution in [-0.4, -0.2) is 30.3 Å². The molecule has 1 amide bonds. The highest BCUT2D eigenvalue weighted by atomic mass is 16.5. The van der Waals surface area contributed by atoms with Gasteiger partial charge < -0.3 is 15.2 Å². The number of rotatable bonds is 5.